The van der Waals surface area contributed by atoms with Crippen LogP contribution in [0.5, 0.6) is 0 Å². The van der Waals surface area contributed by atoms with E-state index in [0.717, 1.165) is 11.3 Å². The van der Waals surface area contributed by atoms with Crippen LogP contribution < -0.4 is 5.32 Å². The summed E-state index contributed by atoms with van der Waals surface area (Å²) in [6.07, 6.45) is 0. The van der Waals surface area contributed by atoms with Crippen LogP contribution in [0.2, 0.25) is 0 Å². The second-order valence-electron chi connectivity index (χ2n) is 4.90. The molecule has 0 aliphatic rings. The maximum absolute atomic E-state index is 10.8. The van der Waals surface area contributed by atoms with Crippen molar-refractivity contribution in [2.45, 2.75) is 19.4 Å². The van der Waals surface area contributed by atoms with Gasteiger partial charge in [-0.05, 0) is 48.4 Å². The van der Waals surface area contributed by atoms with Gasteiger partial charge < -0.3 is 10.4 Å². The molecular formula is C14H16N2O3S. The van der Waals surface area contributed by atoms with Crippen molar-refractivity contribution < 1.29 is 10.0 Å². The quantitative estimate of drug-likeness (QED) is 0.655. The van der Waals surface area contributed by atoms with Crippen LogP contribution in [0.25, 0.3) is 0 Å². The SMILES string of the molecule is Cc1cc(NCC(C)(O)c2ccsc2)ccc1[N+](=O)[O-]. The Kier molecular flexibility index (Phi) is 4.06. The lowest BCUT2D eigenvalue weighted by atomic mass is 9.99. The van der Waals surface area contributed by atoms with Gasteiger partial charge in [0.05, 0.1) is 4.92 Å². The largest absolute Gasteiger partial charge is 0.384 e. The van der Waals surface area contributed by atoms with Gasteiger partial charge in [0.2, 0.25) is 0 Å². The third kappa shape index (κ3) is 3.15. The second kappa shape index (κ2) is 5.60. The van der Waals surface area contributed by atoms with Crippen molar-refractivity contribution >= 4 is 22.7 Å². The molecule has 0 bridgehead atoms. The van der Waals surface area contributed by atoms with Crippen LogP contribution in [0.4, 0.5) is 11.4 Å². The number of anilines is 1. The molecule has 0 fully saturated rings. The Morgan fingerprint density at radius 2 is 2.20 bits per heavy atom. The highest BCUT2D eigenvalue weighted by molar-refractivity contribution is 7.08. The number of aliphatic hydroxyl groups is 1. The van der Waals surface area contributed by atoms with Crippen LogP contribution in [-0.2, 0) is 5.60 Å². The maximum Gasteiger partial charge on any atom is 0.272 e. The topological polar surface area (TPSA) is 75.4 Å². The number of thiophene rings is 1. The zero-order valence-electron chi connectivity index (χ0n) is 11.3. The van der Waals surface area contributed by atoms with E-state index >= 15 is 0 Å². The number of aryl methyl sites for hydroxylation is 1. The Labute approximate surface area is 121 Å². The van der Waals surface area contributed by atoms with Gasteiger partial charge in [0.15, 0.2) is 0 Å². The van der Waals surface area contributed by atoms with Crippen molar-refractivity contribution in [1.29, 1.82) is 0 Å². The molecule has 0 radical (unpaired) electrons. The maximum atomic E-state index is 10.8. The first-order valence-electron chi connectivity index (χ1n) is 6.14. The Bertz CT molecular complexity index is 609. The Hall–Kier alpha value is -1.92. The van der Waals surface area contributed by atoms with Crippen molar-refractivity contribution in [3.05, 3.63) is 56.3 Å². The lowest BCUT2D eigenvalue weighted by Crippen LogP contribution is -2.30. The highest BCUT2D eigenvalue weighted by atomic mass is 32.1. The fourth-order valence-electron chi connectivity index (χ4n) is 1.92. The number of nitrogens with one attached hydrogen (secondary N) is 1. The first-order chi connectivity index (χ1) is 9.40. The summed E-state index contributed by atoms with van der Waals surface area (Å²) < 4.78 is 0. The van der Waals surface area contributed by atoms with Crippen LogP contribution in [0.3, 0.4) is 0 Å². The Balaban J connectivity index is 2.08. The van der Waals surface area contributed by atoms with E-state index in [9.17, 15) is 15.2 Å². The van der Waals surface area contributed by atoms with Gasteiger partial charge in [0.25, 0.3) is 5.69 Å². The molecule has 1 unspecified atom stereocenters. The van der Waals surface area contributed by atoms with Crippen molar-refractivity contribution in [1.82, 2.24) is 0 Å². The van der Waals surface area contributed by atoms with E-state index < -0.39 is 10.5 Å². The van der Waals surface area contributed by atoms with E-state index in [-0.39, 0.29) is 5.69 Å². The molecule has 2 aromatic rings. The van der Waals surface area contributed by atoms with E-state index in [1.54, 1.807) is 26.0 Å². The number of nitrogens with zero attached hydrogens (tertiary/aromatic N) is 1. The normalized spacial score (nSPS) is 13.8. The molecule has 0 aliphatic carbocycles. The van der Waals surface area contributed by atoms with Crippen LogP contribution in [0.15, 0.2) is 35.0 Å². The molecule has 1 atom stereocenters. The number of hydrogen-bond donors (Lipinski definition) is 2. The first-order valence-corrected chi connectivity index (χ1v) is 7.08. The minimum atomic E-state index is -0.977. The van der Waals surface area contributed by atoms with E-state index in [4.69, 9.17) is 0 Å². The van der Waals surface area contributed by atoms with Crippen LogP contribution in [0.1, 0.15) is 18.1 Å². The van der Waals surface area contributed by atoms with Gasteiger partial charge >= 0.3 is 0 Å². The average molecular weight is 292 g/mol. The Morgan fingerprint density at radius 3 is 2.75 bits per heavy atom. The van der Waals surface area contributed by atoms with E-state index in [2.05, 4.69) is 5.32 Å². The minimum absolute atomic E-state index is 0.0974. The fraction of sp³-hybridized carbons (Fsp3) is 0.286. The zero-order chi connectivity index (χ0) is 14.8. The third-order valence-corrected chi connectivity index (χ3v) is 3.86. The fourth-order valence-corrected chi connectivity index (χ4v) is 2.70. The summed E-state index contributed by atoms with van der Waals surface area (Å²) in [4.78, 5) is 10.3. The Morgan fingerprint density at radius 1 is 1.45 bits per heavy atom. The summed E-state index contributed by atoms with van der Waals surface area (Å²) in [5.74, 6) is 0. The van der Waals surface area contributed by atoms with E-state index in [1.165, 1.54) is 17.4 Å². The first kappa shape index (κ1) is 14.5. The van der Waals surface area contributed by atoms with Gasteiger partial charge in [-0.3, -0.25) is 10.1 Å². The predicted octanol–water partition coefficient (Wildman–Crippen LogP) is 3.28. The smallest absolute Gasteiger partial charge is 0.272 e. The summed E-state index contributed by atoms with van der Waals surface area (Å²) in [7, 11) is 0. The van der Waals surface area contributed by atoms with E-state index in [0.29, 0.717) is 12.1 Å². The monoisotopic (exact) mass is 292 g/mol. The molecule has 0 spiro atoms. The third-order valence-electron chi connectivity index (χ3n) is 3.17. The van der Waals surface area contributed by atoms with Gasteiger partial charge in [0, 0.05) is 23.9 Å². The molecule has 1 aromatic carbocycles. The summed E-state index contributed by atoms with van der Waals surface area (Å²) in [5.41, 5.74) is 1.32. The lowest BCUT2D eigenvalue weighted by molar-refractivity contribution is -0.385. The average Bonchev–Trinajstić information content (AvgIpc) is 2.90. The van der Waals surface area contributed by atoms with Gasteiger partial charge in [0.1, 0.15) is 5.60 Å². The molecule has 0 saturated carbocycles. The summed E-state index contributed by atoms with van der Waals surface area (Å²) >= 11 is 1.53. The van der Waals surface area contributed by atoms with Gasteiger partial charge in [-0.25, -0.2) is 0 Å². The molecule has 0 saturated heterocycles. The van der Waals surface area contributed by atoms with Crippen LogP contribution in [-0.4, -0.2) is 16.6 Å². The number of rotatable bonds is 5. The van der Waals surface area contributed by atoms with Gasteiger partial charge in [-0.2, -0.15) is 11.3 Å². The molecule has 5 nitrogen and oxygen atoms in total. The van der Waals surface area contributed by atoms with Crippen molar-refractivity contribution in [3.8, 4) is 0 Å². The molecule has 2 N–H and O–H groups in total. The minimum Gasteiger partial charge on any atom is -0.384 e. The molecule has 106 valence electrons. The summed E-state index contributed by atoms with van der Waals surface area (Å²) in [6.45, 7) is 3.77. The lowest BCUT2D eigenvalue weighted by Gasteiger charge is -2.23. The number of nitro benzene ring substituents is 1. The van der Waals surface area contributed by atoms with Crippen LogP contribution >= 0.6 is 11.3 Å². The molecule has 20 heavy (non-hydrogen) atoms. The number of benzene rings is 1. The molecule has 1 heterocycles. The standard InChI is InChI=1S/C14H16N2O3S/c1-10-7-12(3-4-13(10)16(18)19)15-9-14(2,17)11-5-6-20-8-11/h3-8,15,17H,9H2,1-2H3. The van der Waals surface area contributed by atoms with Crippen molar-refractivity contribution in [2.24, 2.45) is 0 Å². The molecule has 1 aromatic heterocycles. The highest BCUT2D eigenvalue weighted by Gasteiger charge is 2.23. The van der Waals surface area contributed by atoms with Crippen LogP contribution in [0, 0.1) is 17.0 Å². The molecular weight excluding hydrogens is 276 g/mol. The number of nitro groups is 1. The van der Waals surface area contributed by atoms with Gasteiger partial charge in [-0.1, -0.05) is 0 Å². The molecule has 6 heteroatoms. The highest BCUT2D eigenvalue weighted by Crippen LogP contribution is 2.25. The zero-order valence-corrected chi connectivity index (χ0v) is 12.1. The predicted molar refractivity (Wildman–Crippen MR) is 80.2 cm³/mol. The molecule has 0 aliphatic heterocycles. The second-order valence-corrected chi connectivity index (χ2v) is 5.68. The van der Waals surface area contributed by atoms with Crippen molar-refractivity contribution in [3.63, 3.8) is 0 Å². The molecule has 2 rings (SSSR count). The number of hydrogen-bond acceptors (Lipinski definition) is 5. The van der Waals surface area contributed by atoms with Crippen molar-refractivity contribution in [2.75, 3.05) is 11.9 Å². The summed E-state index contributed by atoms with van der Waals surface area (Å²) in [5, 5.41) is 28.1. The summed E-state index contributed by atoms with van der Waals surface area (Å²) in [6, 6.07) is 6.71. The van der Waals surface area contributed by atoms with Gasteiger partial charge in [-0.15, -0.1) is 0 Å². The van der Waals surface area contributed by atoms with E-state index in [1.807, 2.05) is 16.8 Å². The molecule has 0 amide bonds.